The molecule has 0 aliphatic carbocycles. The molecule has 8 heteroatoms. The molecular weight excluding hydrogens is 370 g/mol. The SMILES string of the molecule is CC(C)Cc1cc(C(=O)NS(=O)(=O)c2cccs2)nn1-c1ccccc1. The zero-order valence-corrected chi connectivity index (χ0v) is 16.0. The smallest absolute Gasteiger partial charge is 0.266 e. The molecule has 1 N–H and O–H groups in total. The van der Waals surface area contributed by atoms with Gasteiger partial charge in [0, 0.05) is 5.69 Å². The van der Waals surface area contributed by atoms with E-state index in [1.54, 1.807) is 22.2 Å². The normalized spacial score (nSPS) is 11.7. The van der Waals surface area contributed by atoms with Crippen molar-refractivity contribution in [3.63, 3.8) is 0 Å². The highest BCUT2D eigenvalue weighted by Crippen LogP contribution is 2.18. The van der Waals surface area contributed by atoms with Crippen molar-refractivity contribution >= 4 is 27.3 Å². The molecule has 0 unspecified atom stereocenters. The van der Waals surface area contributed by atoms with Crippen LogP contribution in [-0.4, -0.2) is 24.1 Å². The van der Waals surface area contributed by atoms with Crippen molar-refractivity contribution in [1.82, 2.24) is 14.5 Å². The van der Waals surface area contributed by atoms with E-state index in [1.807, 2.05) is 30.3 Å². The minimum Gasteiger partial charge on any atom is -0.266 e. The number of carbonyl (C=O) groups excluding carboxylic acids is 1. The number of rotatable bonds is 6. The number of hydrogen-bond acceptors (Lipinski definition) is 5. The summed E-state index contributed by atoms with van der Waals surface area (Å²) in [5.74, 6) is -0.377. The van der Waals surface area contributed by atoms with Gasteiger partial charge >= 0.3 is 0 Å². The molecule has 0 fully saturated rings. The molecule has 0 atom stereocenters. The number of nitrogens with zero attached hydrogens (tertiary/aromatic N) is 2. The molecule has 3 rings (SSSR count). The van der Waals surface area contributed by atoms with E-state index in [0.29, 0.717) is 12.3 Å². The molecule has 0 bridgehead atoms. The molecule has 0 aliphatic heterocycles. The molecule has 0 saturated carbocycles. The van der Waals surface area contributed by atoms with Crippen LogP contribution >= 0.6 is 11.3 Å². The Morgan fingerprint density at radius 2 is 1.92 bits per heavy atom. The van der Waals surface area contributed by atoms with Crippen molar-refractivity contribution in [2.75, 3.05) is 0 Å². The summed E-state index contributed by atoms with van der Waals surface area (Å²) in [6.45, 7) is 4.15. The van der Waals surface area contributed by atoms with Gasteiger partial charge in [0.25, 0.3) is 15.9 Å². The molecule has 6 nitrogen and oxygen atoms in total. The van der Waals surface area contributed by atoms with Gasteiger partial charge in [-0.15, -0.1) is 11.3 Å². The van der Waals surface area contributed by atoms with Crippen LogP contribution in [0, 0.1) is 5.92 Å². The van der Waals surface area contributed by atoms with E-state index < -0.39 is 15.9 Å². The van der Waals surface area contributed by atoms with E-state index in [-0.39, 0.29) is 9.90 Å². The number of sulfonamides is 1. The minimum absolute atomic E-state index is 0.0737. The lowest BCUT2D eigenvalue weighted by Crippen LogP contribution is -2.30. The second-order valence-corrected chi connectivity index (χ2v) is 9.09. The lowest BCUT2D eigenvalue weighted by Gasteiger charge is -2.08. The number of carbonyl (C=O) groups is 1. The summed E-state index contributed by atoms with van der Waals surface area (Å²) in [6.07, 6.45) is 0.715. The highest BCUT2D eigenvalue weighted by atomic mass is 32.2. The van der Waals surface area contributed by atoms with Crippen LogP contribution in [-0.2, 0) is 16.4 Å². The van der Waals surface area contributed by atoms with Gasteiger partial charge in [-0.05, 0) is 42.0 Å². The predicted molar refractivity (Wildman–Crippen MR) is 101 cm³/mol. The Kier molecular flexibility index (Phi) is 5.24. The van der Waals surface area contributed by atoms with Crippen LogP contribution in [0.2, 0.25) is 0 Å². The van der Waals surface area contributed by atoms with Crippen LogP contribution in [0.4, 0.5) is 0 Å². The Balaban J connectivity index is 1.93. The Labute approximate surface area is 156 Å². The summed E-state index contributed by atoms with van der Waals surface area (Å²) in [7, 11) is -3.89. The molecule has 0 radical (unpaired) electrons. The Bertz CT molecular complexity index is 992. The van der Waals surface area contributed by atoms with Crippen LogP contribution in [0.25, 0.3) is 5.69 Å². The average Bonchev–Trinajstić information content (AvgIpc) is 3.25. The molecule has 26 heavy (non-hydrogen) atoms. The lowest BCUT2D eigenvalue weighted by molar-refractivity contribution is 0.0976. The van der Waals surface area contributed by atoms with Crippen molar-refractivity contribution in [3.05, 3.63) is 65.3 Å². The fraction of sp³-hybridized carbons (Fsp3) is 0.222. The number of para-hydroxylation sites is 1. The average molecular weight is 390 g/mol. The number of amides is 1. The second kappa shape index (κ2) is 7.43. The maximum atomic E-state index is 12.5. The molecule has 1 amide bonds. The Morgan fingerprint density at radius 3 is 2.54 bits per heavy atom. The zero-order chi connectivity index (χ0) is 18.7. The first kappa shape index (κ1) is 18.3. The first-order valence-electron chi connectivity index (χ1n) is 8.12. The van der Waals surface area contributed by atoms with Crippen LogP contribution < -0.4 is 4.72 Å². The highest BCUT2D eigenvalue weighted by molar-refractivity contribution is 7.92. The number of nitrogens with one attached hydrogen (secondary N) is 1. The van der Waals surface area contributed by atoms with Gasteiger partial charge < -0.3 is 0 Å². The number of aromatic nitrogens is 2. The third kappa shape index (κ3) is 4.03. The summed E-state index contributed by atoms with van der Waals surface area (Å²) in [4.78, 5) is 12.5. The quantitative estimate of drug-likeness (QED) is 0.702. The highest BCUT2D eigenvalue weighted by Gasteiger charge is 2.23. The van der Waals surface area contributed by atoms with E-state index in [2.05, 4.69) is 23.7 Å². The van der Waals surface area contributed by atoms with Crippen molar-refractivity contribution in [2.24, 2.45) is 5.92 Å². The largest absolute Gasteiger partial charge is 0.285 e. The summed E-state index contributed by atoms with van der Waals surface area (Å²) in [5.41, 5.74) is 1.75. The summed E-state index contributed by atoms with van der Waals surface area (Å²) >= 11 is 1.05. The van der Waals surface area contributed by atoms with E-state index in [9.17, 15) is 13.2 Å². The monoisotopic (exact) mass is 389 g/mol. The van der Waals surface area contributed by atoms with E-state index in [1.165, 1.54) is 6.07 Å². The van der Waals surface area contributed by atoms with Crippen LogP contribution in [0.15, 0.2) is 58.1 Å². The number of hydrogen-bond donors (Lipinski definition) is 1. The van der Waals surface area contributed by atoms with Gasteiger partial charge in [-0.1, -0.05) is 38.1 Å². The molecule has 3 aromatic rings. The predicted octanol–water partition coefficient (Wildman–Crippen LogP) is 3.25. The van der Waals surface area contributed by atoms with Crippen LogP contribution in [0.3, 0.4) is 0 Å². The van der Waals surface area contributed by atoms with Gasteiger partial charge in [-0.3, -0.25) is 4.79 Å². The molecule has 136 valence electrons. The van der Waals surface area contributed by atoms with Gasteiger partial charge in [0.1, 0.15) is 4.21 Å². The van der Waals surface area contributed by atoms with E-state index in [0.717, 1.165) is 22.7 Å². The van der Waals surface area contributed by atoms with Gasteiger partial charge in [0.15, 0.2) is 5.69 Å². The van der Waals surface area contributed by atoms with E-state index >= 15 is 0 Å². The van der Waals surface area contributed by atoms with Crippen molar-refractivity contribution in [2.45, 2.75) is 24.5 Å². The summed E-state index contributed by atoms with van der Waals surface area (Å²) in [5, 5.41) is 5.99. The maximum absolute atomic E-state index is 12.5. The molecule has 0 aliphatic rings. The molecule has 0 spiro atoms. The van der Waals surface area contributed by atoms with E-state index in [4.69, 9.17) is 0 Å². The van der Waals surface area contributed by atoms with Gasteiger partial charge in [-0.25, -0.2) is 17.8 Å². The van der Waals surface area contributed by atoms with Gasteiger partial charge in [-0.2, -0.15) is 5.10 Å². The van der Waals surface area contributed by atoms with Gasteiger partial charge in [0.2, 0.25) is 0 Å². The first-order valence-corrected chi connectivity index (χ1v) is 10.5. The summed E-state index contributed by atoms with van der Waals surface area (Å²) < 4.78 is 28.4. The number of thiophene rings is 1. The fourth-order valence-electron chi connectivity index (χ4n) is 2.53. The minimum atomic E-state index is -3.89. The second-order valence-electron chi connectivity index (χ2n) is 6.23. The van der Waals surface area contributed by atoms with Crippen molar-refractivity contribution in [3.8, 4) is 5.69 Å². The Hall–Kier alpha value is -2.45. The zero-order valence-electron chi connectivity index (χ0n) is 14.4. The van der Waals surface area contributed by atoms with Crippen molar-refractivity contribution in [1.29, 1.82) is 0 Å². The Morgan fingerprint density at radius 1 is 1.19 bits per heavy atom. The standard InChI is InChI=1S/C18H19N3O3S2/c1-13(2)11-15-12-16(19-21(15)14-7-4-3-5-8-14)18(22)20-26(23,24)17-9-6-10-25-17/h3-10,12-13H,11H2,1-2H3,(H,20,22). The molecular formula is C18H19N3O3S2. The van der Waals surface area contributed by atoms with Crippen molar-refractivity contribution < 1.29 is 13.2 Å². The maximum Gasteiger partial charge on any atom is 0.285 e. The first-order chi connectivity index (χ1) is 12.4. The third-order valence-electron chi connectivity index (χ3n) is 3.62. The third-order valence-corrected chi connectivity index (χ3v) is 6.35. The fourth-order valence-corrected chi connectivity index (χ4v) is 4.48. The number of benzene rings is 1. The molecule has 2 heterocycles. The molecule has 1 aromatic carbocycles. The van der Waals surface area contributed by atoms with Crippen LogP contribution in [0.1, 0.15) is 30.0 Å². The molecule has 0 saturated heterocycles. The summed E-state index contributed by atoms with van der Waals surface area (Å²) in [6, 6.07) is 14.2. The van der Waals surface area contributed by atoms with Gasteiger partial charge in [0.05, 0.1) is 5.69 Å². The topological polar surface area (TPSA) is 81.1 Å². The lowest BCUT2D eigenvalue weighted by atomic mass is 10.1. The molecule has 2 aromatic heterocycles. The van der Waals surface area contributed by atoms with Crippen LogP contribution in [0.5, 0.6) is 0 Å².